The van der Waals surface area contributed by atoms with Gasteiger partial charge in [0.25, 0.3) is 0 Å². The zero-order valence-corrected chi connectivity index (χ0v) is 39.5. The molecule has 0 aliphatic carbocycles. The molecule has 2 heterocycles. The molecular formula is C46H51BrCl2N6O2S2. The highest BCUT2D eigenvalue weighted by molar-refractivity contribution is 8.93. The van der Waals surface area contributed by atoms with Gasteiger partial charge in [0.2, 0.25) is 5.78 Å². The van der Waals surface area contributed by atoms with E-state index in [0.29, 0.717) is 33.4 Å². The molecule has 2 aromatic heterocycles. The fraction of sp³-hybridized carbons (Fsp3) is 0.283. The average Bonchev–Trinajstić information content (AvgIpc) is 3.89. The normalized spacial score (nSPS) is 11.6. The SMILES string of the molecule is Br.CCN(C)C=Nc1cc(C)c(Cc2nc(C(=O)c3ccc(Cl)cc3)cs2)cc1C.CCN(C)C=Nc1cc(C)c(Cc2nc(C(O)c3ccc(Cl)cc3)cs2)cc1C. The summed E-state index contributed by atoms with van der Waals surface area (Å²) in [7, 11) is 4.02. The van der Waals surface area contributed by atoms with E-state index in [-0.39, 0.29) is 22.8 Å². The molecule has 0 amide bonds. The second-order valence-electron chi connectivity index (χ2n) is 14.2. The van der Waals surface area contributed by atoms with E-state index in [2.05, 4.69) is 85.8 Å². The molecule has 13 heteroatoms. The van der Waals surface area contributed by atoms with Gasteiger partial charge in [0.15, 0.2) is 0 Å². The van der Waals surface area contributed by atoms with Crippen LogP contribution in [0, 0.1) is 27.7 Å². The highest BCUT2D eigenvalue weighted by Gasteiger charge is 2.17. The number of benzene rings is 4. The van der Waals surface area contributed by atoms with Crippen LogP contribution in [0.25, 0.3) is 0 Å². The topological polar surface area (TPSA) is 94.3 Å². The number of aliphatic hydroxyl groups is 1. The van der Waals surface area contributed by atoms with E-state index in [1.54, 1.807) is 47.7 Å². The van der Waals surface area contributed by atoms with Crippen molar-refractivity contribution in [3.63, 3.8) is 0 Å². The van der Waals surface area contributed by atoms with Gasteiger partial charge in [-0.3, -0.25) is 4.79 Å². The van der Waals surface area contributed by atoms with Crippen LogP contribution in [0.4, 0.5) is 11.4 Å². The largest absolute Gasteiger partial charge is 0.382 e. The van der Waals surface area contributed by atoms with E-state index >= 15 is 0 Å². The summed E-state index contributed by atoms with van der Waals surface area (Å²) < 4.78 is 0. The number of carbonyl (C=O) groups excluding carboxylic acids is 1. The number of aryl methyl sites for hydroxylation is 4. The Morgan fingerprint density at radius 2 is 1.17 bits per heavy atom. The Morgan fingerprint density at radius 3 is 1.66 bits per heavy atom. The summed E-state index contributed by atoms with van der Waals surface area (Å²) in [4.78, 5) is 35.1. The highest BCUT2D eigenvalue weighted by atomic mass is 79.9. The number of rotatable bonds is 14. The van der Waals surface area contributed by atoms with Gasteiger partial charge in [-0.15, -0.1) is 39.7 Å². The Hall–Kier alpha value is -4.23. The summed E-state index contributed by atoms with van der Waals surface area (Å²) in [6, 6.07) is 22.7. The predicted octanol–water partition coefficient (Wildman–Crippen LogP) is 12.1. The van der Waals surface area contributed by atoms with Crippen LogP contribution in [0.15, 0.2) is 93.5 Å². The number of hydrogen-bond acceptors (Lipinski definition) is 8. The van der Waals surface area contributed by atoms with Gasteiger partial charge in [-0.1, -0.05) is 47.5 Å². The molecule has 1 atom stereocenters. The Morgan fingerprint density at radius 1 is 0.712 bits per heavy atom. The minimum atomic E-state index is -0.743. The van der Waals surface area contributed by atoms with E-state index in [9.17, 15) is 9.90 Å². The molecule has 0 aliphatic rings. The lowest BCUT2D eigenvalue weighted by molar-refractivity contribution is 0.103. The lowest BCUT2D eigenvalue weighted by Gasteiger charge is -2.11. The number of thiazole rings is 2. The number of halogens is 3. The summed E-state index contributed by atoms with van der Waals surface area (Å²) in [5.74, 6) is -0.0817. The third-order valence-electron chi connectivity index (χ3n) is 9.70. The monoisotopic (exact) mass is 932 g/mol. The van der Waals surface area contributed by atoms with Gasteiger partial charge in [0.1, 0.15) is 11.8 Å². The zero-order valence-electron chi connectivity index (χ0n) is 34.7. The van der Waals surface area contributed by atoms with Crippen molar-refractivity contribution in [2.75, 3.05) is 27.2 Å². The van der Waals surface area contributed by atoms with E-state index in [4.69, 9.17) is 23.2 Å². The number of aliphatic imine (C=N–C) groups is 2. The molecule has 0 radical (unpaired) electrons. The first-order valence-corrected chi connectivity index (χ1v) is 21.6. The molecule has 310 valence electrons. The first kappa shape index (κ1) is 47.4. The van der Waals surface area contributed by atoms with Crippen LogP contribution in [0.3, 0.4) is 0 Å². The van der Waals surface area contributed by atoms with Crippen molar-refractivity contribution >= 4 is 92.7 Å². The molecule has 4 aromatic carbocycles. The molecule has 0 saturated carbocycles. The van der Waals surface area contributed by atoms with E-state index < -0.39 is 6.10 Å². The molecule has 6 aromatic rings. The fourth-order valence-electron chi connectivity index (χ4n) is 5.78. The molecule has 0 fully saturated rings. The van der Waals surface area contributed by atoms with Crippen LogP contribution in [-0.4, -0.2) is 70.5 Å². The molecule has 59 heavy (non-hydrogen) atoms. The van der Waals surface area contributed by atoms with Crippen molar-refractivity contribution in [2.24, 2.45) is 9.98 Å². The van der Waals surface area contributed by atoms with Gasteiger partial charge in [0, 0.05) is 66.4 Å². The lowest BCUT2D eigenvalue weighted by Crippen LogP contribution is -2.14. The summed E-state index contributed by atoms with van der Waals surface area (Å²) in [5.41, 5.74) is 11.6. The van der Waals surface area contributed by atoms with E-state index in [1.807, 2.05) is 59.5 Å². The fourth-order valence-corrected chi connectivity index (χ4v) is 7.67. The van der Waals surface area contributed by atoms with Gasteiger partial charge in [0.05, 0.1) is 39.8 Å². The number of aliphatic hydroxyl groups excluding tert-OH is 1. The summed E-state index contributed by atoms with van der Waals surface area (Å²) >= 11 is 14.9. The lowest BCUT2D eigenvalue weighted by atomic mass is 10.0. The molecule has 0 bridgehead atoms. The Labute approximate surface area is 377 Å². The molecule has 0 aliphatic heterocycles. The third-order valence-corrected chi connectivity index (χ3v) is 11.9. The second kappa shape index (κ2) is 22.4. The summed E-state index contributed by atoms with van der Waals surface area (Å²) in [6.07, 6.45) is 4.42. The third kappa shape index (κ3) is 13.4. The maximum absolute atomic E-state index is 12.6. The number of hydrogen-bond donors (Lipinski definition) is 1. The van der Waals surface area contributed by atoms with E-state index in [1.165, 1.54) is 33.6 Å². The summed E-state index contributed by atoms with van der Waals surface area (Å²) in [6.45, 7) is 14.4. The van der Waals surface area contributed by atoms with Crippen molar-refractivity contribution in [1.29, 1.82) is 0 Å². The number of nitrogens with zero attached hydrogens (tertiary/aromatic N) is 6. The van der Waals surface area contributed by atoms with Crippen LogP contribution in [0.2, 0.25) is 10.0 Å². The number of carbonyl (C=O) groups is 1. The minimum absolute atomic E-state index is 0. The predicted molar refractivity (Wildman–Crippen MR) is 255 cm³/mol. The Bertz CT molecular complexity index is 2380. The quantitative estimate of drug-likeness (QED) is 0.0664. The molecule has 0 spiro atoms. The smallest absolute Gasteiger partial charge is 0.212 e. The molecule has 6 rings (SSSR count). The molecule has 1 N–H and O–H groups in total. The maximum atomic E-state index is 12.6. The first-order valence-electron chi connectivity index (χ1n) is 19.1. The van der Waals surface area contributed by atoms with Crippen LogP contribution >= 0.6 is 62.9 Å². The zero-order chi connectivity index (χ0) is 41.9. The molecular weight excluding hydrogens is 883 g/mol. The van der Waals surface area contributed by atoms with Crippen LogP contribution in [0.5, 0.6) is 0 Å². The first-order chi connectivity index (χ1) is 27.7. The van der Waals surface area contributed by atoms with Crippen molar-refractivity contribution in [2.45, 2.75) is 60.5 Å². The second-order valence-corrected chi connectivity index (χ2v) is 17.0. The molecule has 1 unspecified atom stereocenters. The van der Waals surface area contributed by atoms with Crippen LogP contribution in [0.1, 0.15) is 90.7 Å². The number of aromatic nitrogens is 2. The molecule has 8 nitrogen and oxygen atoms in total. The van der Waals surface area contributed by atoms with Gasteiger partial charge < -0.3 is 14.9 Å². The standard InChI is InChI=1S/C23H26ClN3OS.C23H24ClN3OS.BrH/c2*1-5-27(4)14-25-20-11-15(2)18(10-16(20)3)12-22-26-21(13-29-22)23(28)17-6-8-19(24)9-7-17;/h6-11,13-14,23,28H,5,12H2,1-4H3;6-11,13-14H,5,12H2,1-4H3;1H. The maximum Gasteiger partial charge on any atom is 0.212 e. The Balaban J connectivity index is 0.000000256. The van der Waals surface area contributed by atoms with Gasteiger partial charge in [-0.05, 0) is 129 Å². The van der Waals surface area contributed by atoms with Gasteiger partial charge >= 0.3 is 0 Å². The summed E-state index contributed by atoms with van der Waals surface area (Å²) in [5, 5.41) is 17.5. The van der Waals surface area contributed by atoms with Crippen molar-refractivity contribution in [3.05, 3.63) is 160 Å². The molecule has 0 saturated heterocycles. The number of ketones is 1. The van der Waals surface area contributed by atoms with Crippen LogP contribution < -0.4 is 0 Å². The van der Waals surface area contributed by atoms with Crippen LogP contribution in [-0.2, 0) is 12.8 Å². The minimum Gasteiger partial charge on any atom is -0.382 e. The van der Waals surface area contributed by atoms with Gasteiger partial charge in [-0.2, -0.15) is 0 Å². The highest BCUT2D eigenvalue weighted by Crippen LogP contribution is 2.30. The Kier molecular flexibility index (Phi) is 18.0. The average molecular weight is 935 g/mol. The van der Waals surface area contributed by atoms with Crippen molar-refractivity contribution in [1.82, 2.24) is 19.8 Å². The van der Waals surface area contributed by atoms with Crippen molar-refractivity contribution in [3.8, 4) is 0 Å². The van der Waals surface area contributed by atoms with E-state index in [0.717, 1.165) is 57.6 Å². The van der Waals surface area contributed by atoms with Crippen molar-refractivity contribution < 1.29 is 9.90 Å². The van der Waals surface area contributed by atoms with Gasteiger partial charge in [-0.25, -0.2) is 20.0 Å².